The van der Waals surface area contributed by atoms with Gasteiger partial charge in [0.1, 0.15) is 6.61 Å². The quantitative estimate of drug-likeness (QED) is 0.463. The summed E-state index contributed by atoms with van der Waals surface area (Å²) < 4.78 is 5.63. The number of amides is 2. The second-order valence-electron chi connectivity index (χ2n) is 9.46. The molecule has 0 saturated carbocycles. The Labute approximate surface area is 205 Å². The van der Waals surface area contributed by atoms with E-state index in [1.165, 1.54) is 11.1 Å². The third-order valence-corrected chi connectivity index (χ3v) is 6.82. The van der Waals surface area contributed by atoms with Gasteiger partial charge in [0.2, 0.25) is 5.91 Å². The number of rotatable bonds is 9. The van der Waals surface area contributed by atoms with Crippen molar-refractivity contribution in [1.82, 2.24) is 10.6 Å². The van der Waals surface area contributed by atoms with Gasteiger partial charge in [-0.3, -0.25) is 9.59 Å². The summed E-state index contributed by atoms with van der Waals surface area (Å²) in [4.78, 5) is 35.9. The molecule has 0 spiro atoms. The van der Waals surface area contributed by atoms with Gasteiger partial charge < -0.3 is 20.5 Å². The summed E-state index contributed by atoms with van der Waals surface area (Å²) in [7, 11) is 0. The topological polar surface area (TPSA) is 105 Å². The van der Waals surface area contributed by atoms with Gasteiger partial charge in [-0.25, -0.2) is 4.79 Å². The molecule has 0 fully saturated rings. The van der Waals surface area contributed by atoms with Crippen molar-refractivity contribution in [1.29, 1.82) is 0 Å². The average Bonchev–Trinajstić information content (AvgIpc) is 3.18. The average molecular weight is 477 g/mol. The summed E-state index contributed by atoms with van der Waals surface area (Å²) in [5.41, 5.74) is 4.68. The summed E-state index contributed by atoms with van der Waals surface area (Å²) in [6.45, 7) is 2.61. The minimum absolute atomic E-state index is 0.00306. The number of fused-ring (bicyclic) bond motifs is 3. The monoisotopic (exact) mass is 476 g/mol. The summed E-state index contributed by atoms with van der Waals surface area (Å²) in [6, 6.07) is 16.1. The van der Waals surface area contributed by atoms with Gasteiger partial charge in [0, 0.05) is 24.8 Å². The van der Waals surface area contributed by atoms with Crippen LogP contribution in [0.25, 0.3) is 11.1 Å². The molecule has 0 saturated heterocycles. The first-order chi connectivity index (χ1) is 16.9. The Morgan fingerprint density at radius 2 is 1.71 bits per heavy atom. The number of benzene rings is 2. The van der Waals surface area contributed by atoms with Crippen LogP contribution in [-0.2, 0) is 14.3 Å². The van der Waals surface area contributed by atoms with Crippen molar-refractivity contribution in [2.75, 3.05) is 13.2 Å². The molecule has 2 aromatic carbocycles. The lowest BCUT2D eigenvalue weighted by Crippen LogP contribution is -2.41. The maximum absolute atomic E-state index is 12.6. The molecule has 3 atom stereocenters. The van der Waals surface area contributed by atoms with E-state index in [0.29, 0.717) is 25.8 Å². The van der Waals surface area contributed by atoms with Crippen LogP contribution < -0.4 is 10.6 Å². The number of hydrogen-bond acceptors (Lipinski definition) is 4. The summed E-state index contributed by atoms with van der Waals surface area (Å²) in [6.07, 6.45) is 5.04. The molecule has 35 heavy (non-hydrogen) atoms. The van der Waals surface area contributed by atoms with Crippen LogP contribution in [0, 0.1) is 11.8 Å². The molecular formula is C28H32N2O5. The van der Waals surface area contributed by atoms with E-state index in [9.17, 15) is 14.4 Å². The number of hydrogen-bond donors (Lipinski definition) is 3. The van der Waals surface area contributed by atoms with Gasteiger partial charge in [-0.05, 0) is 47.4 Å². The van der Waals surface area contributed by atoms with Crippen LogP contribution >= 0.6 is 0 Å². The molecule has 0 aliphatic heterocycles. The van der Waals surface area contributed by atoms with Crippen molar-refractivity contribution in [3.05, 3.63) is 71.8 Å². The normalized spacial score (nSPS) is 19.3. The van der Waals surface area contributed by atoms with Crippen LogP contribution in [-0.4, -0.2) is 42.3 Å². The van der Waals surface area contributed by atoms with Crippen LogP contribution in [0.15, 0.2) is 60.7 Å². The fourth-order valence-electron chi connectivity index (χ4n) is 4.89. The number of nitrogens with one attached hydrogen (secondary N) is 2. The predicted molar refractivity (Wildman–Crippen MR) is 133 cm³/mol. The van der Waals surface area contributed by atoms with Crippen LogP contribution in [0.5, 0.6) is 0 Å². The largest absolute Gasteiger partial charge is 0.481 e. The van der Waals surface area contributed by atoms with Crippen LogP contribution in [0.2, 0.25) is 0 Å². The number of alkyl carbamates (subject to hydrolysis) is 1. The first-order valence-corrected chi connectivity index (χ1v) is 12.2. The third-order valence-electron chi connectivity index (χ3n) is 6.82. The molecule has 0 aromatic heterocycles. The highest BCUT2D eigenvalue weighted by Gasteiger charge is 2.30. The fourth-order valence-corrected chi connectivity index (χ4v) is 4.89. The lowest BCUT2D eigenvalue weighted by atomic mass is 9.90. The molecule has 3 unspecified atom stereocenters. The number of carboxylic acid groups (broad SMARTS) is 1. The number of carboxylic acids is 1. The zero-order valence-electron chi connectivity index (χ0n) is 19.9. The molecule has 184 valence electrons. The number of ether oxygens (including phenoxy) is 1. The van der Waals surface area contributed by atoms with Crippen molar-refractivity contribution < 1.29 is 24.2 Å². The van der Waals surface area contributed by atoms with Crippen LogP contribution in [0.3, 0.4) is 0 Å². The van der Waals surface area contributed by atoms with E-state index in [1.807, 2.05) is 43.3 Å². The van der Waals surface area contributed by atoms with E-state index in [1.54, 1.807) is 0 Å². The van der Waals surface area contributed by atoms with Crippen molar-refractivity contribution in [2.24, 2.45) is 11.8 Å². The van der Waals surface area contributed by atoms with Crippen molar-refractivity contribution in [3.63, 3.8) is 0 Å². The van der Waals surface area contributed by atoms with Gasteiger partial charge in [0.25, 0.3) is 0 Å². The SMILES string of the molecule is CC(CCC(=O)O)CNC(=O)C1CC=CC(NC(=O)OCC2c3ccccc3-c3ccccc32)C1. The Kier molecular flexibility index (Phi) is 7.85. The lowest BCUT2D eigenvalue weighted by Gasteiger charge is -2.25. The molecule has 7 heteroatoms. The molecule has 7 nitrogen and oxygen atoms in total. The minimum Gasteiger partial charge on any atom is -0.481 e. The Balaban J connectivity index is 1.26. The van der Waals surface area contributed by atoms with Gasteiger partial charge in [0.05, 0.1) is 6.04 Å². The Morgan fingerprint density at radius 1 is 1.06 bits per heavy atom. The highest BCUT2D eigenvalue weighted by molar-refractivity contribution is 5.80. The standard InChI is InChI=1S/C28H32N2O5/c1-18(13-14-26(31)32)16-29-27(33)19-7-6-8-20(15-19)30-28(34)35-17-25-23-11-4-2-9-21(23)22-10-3-5-12-24(22)25/h2-6,8-12,18-20,25H,7,13-17H2,1H3,(H,29,33)(H,30,34)(H,31,32). The third kappa shape index (κ3) is 6.10. The highest BCUT2D eigenvalue weighted by Crippen LogP contribution is 2.44. The summed E-state index contributed by atoms with van der Waals surface area (Å²) in [5.74, 6) is -1.07. The van der Waals surface area contributed by atoms with Gasteiger partial charge >= 0.3 is 12.1 Å². The Morgan fingerprint density at radius 3 is 2.37 bits per heavy atom. The molecule has 2 amide bonds. The molecule has 0 heterocycles. The van der Waals surface area contributed by atoms with E-state index in [4.69, 9.17) is 9.84 Å². The number of carbonyl (C=O) groups excluding carboxylic acids is 2. The number of carbonyl (C=O) groups is 3. The highest BCUT2D eigenvalue weighted by atomic mass is 16.5. The van der Waals surface area contributed by atoms with Gasteiger partial charge in [-0.2, -0.15) is 0 Å². The van der Waals surface area contributed by atoms with Crippen molar-refractivity contribution in [3.8, 4) is 11.1 Å². The molecule has 3 N–H and O–H groups in total. The van der Waals surface area contributed by atoms with Crippen LogP contribution in [0.1, 0.15) is 49.7 Å². The smallest absolute Gasteiger partial charge is 0.407 e. The fraction of sp³-hybridized carbons (Fsp3) is 0.393. The second kappa shape index (κ2) is 11.2. The van der Waals surface area contributed by atoms with E-state index in [-0.39, 0.29) is 42.7 Å². The molecule has 0 radical (unpaired) electrons. The minimum atomic E-state index is -0.831. The summed E-state index contributed by atoms with van der Waals surface area (Å²) in [5, 5.41) is 14.6. The van der Waals surface area contributed by atoms with Gasteiger partial charge in [0.15, 0.2) is 0 Å². The van der Waals surface area contributed by atoms with E-state index in [0.717, 1.165) is 11.1 Å². The van der Waals surface area contributed by atoms with Gasteiger partial charge in [-0.1, -0.05) is 67.6 Å². The lowest BCUT2D eigenvalue weighted by molar-refractivity contribution is -0.137. The molecule has 0 bridgehead atoms. The molecule has 2 aliphatic carbocycles. The van der Waals surface area contributed by atoms with E-state index >= 15 is 0 Å². The Bertz CT molecular complexity index is 1070. The van der Waals surface area contributed by atoms with Gasteiger partial charge in [-0.15, -0.1) is 0 Å². The molecular weight excluding hydrogens is 444 g/mol. The van der Waals surface area contributed by atoms with Crippen LogP contribution in [0.4, 0.5) is 4.79 Å². The zero-order chi connectivity index (χ0) is 24.8. The molecule has 2 aromatic rings. The van der Waals surface area contributed by atoms with E-state index in [2.05, 4.69) is 34.9 Å². The zero-order valence-corrected chi connectivity index (χ0v) is 19.9. The predicted octanol–water partition coefficient (Wildman–Crippen LogP) is 4.48. The molecule has 2 aliphatic rings. The first kappa shape index (κ1) is 24.5. The maximum atomic E-state index is 12.6. The van der Waals surface area contributed by atoms with Crippen molar-refractivity contribution in [2.45, 2.75) is 44.6 Å². The van der Waals surface area contributed by atoms with Crippen molar-refractivity contribution >= 4 is 18.0 Å². The maximum Gasteiger partial charge on any atom is 0.407 e. The summed E-state index contributed by atoms with van der Waals surface area (Å²) >= 11 is 0. The van der Waals surface area contributed by atoms with E-state index < -0.39 is 12.1 Å². The number of allylic oxidation sites excluding steroid dienone is 1. The number of aliphatic carboxylic acids is 1. The Hall–Kier alpha value is -3.61. The molecule has 4 rings (SSSR count). The first-order valence-electron chi connectivity index (χ1n) is 12.2. The second-order valence-corrected chi connectivity index (χ2v) is 9.46.